The summed E-state index contributed by atoms with van der Waals surface area (Å²) in [7, 11) is 1.30. The highest BCUT2D eigenvalue weighted by molar-refractivity contribution is 7.07. The van der Waals surface area contributed by atoms with Gasteiger partial charge in [-0.05, 0) is 44.0 Å². The summed E-state index contributed by atoms with van der Waals surface area (Å²) in [5.74, 6) is -1.29. The standard InChI is InChI=1S/C33H35N3O6S/c1-5-7-8-9-12-19-35-24-14-11-10-13-23(24)26(29(35)37)28-30(38)36-27(21-15-17-22(18-16-21)31(39)41-4)25(32(40)42-6-2)20(3)34-33(36)43-28/h10-11,13-18,27H,5-9,12,19H2,1-4H3. The van der Waals surface area contributed by atoms with Gasteiger partial charge in [0.1, 0.15) is 4.53 Å². The molecular weight excluding hydrogens is 566 g/mol. The molecule has 0 spiro atoms. The average Bonchev–Trinajstić information content (AvgIpc) is 3.47. The minimum atomic E-state index is -0.863. The van der Waals surface area contributed by atoms with Gasteiger partial charge in [-0.25, -0.2) is 14.6 Å². The number of amides is 1. The zero-order valence-corrected chi connectivity index (χ0v) is 25.7. The number of unbranched alkanes of at least 4 members (excludes halogenated alkanes) is 4. The van der Waals surface area contributed by atoms with E-state index in [1.165, 1.54) is 11.7 Å². The number of anilines is 1. The van der Waals surface area contributed by atoms with Crippen LogP contribution in [0.3, 0.4) is 0 Å². The molecule has 0 fully saturated rings. The molecule has 0 saturated heterocycles. The molecule has 9 nitrogen and oxygen atoms in total. The molecule has 3 heterocycles. The first-order chi connectivity index (χ1) is 20.8. The van der Waals surface area contributed by atoms with Gasteiger partial charge in [0, 0.05) is 12.1 Å². The number of benzene rings is 2. The van der Waals surface area contributed by atoms with Gasteiger partial charge in [-0.1, -0.05) is 74.3 Å². The van der Waals surface area contributed by atoms with Crippen molar-refractivity contribution in [1.29, 1.82) is 0 Å². The summed E-state index contributed by atoms with van der Waals surface area (Å²) in [6, 6.07) is 13.2. The van der Waals surface area contributed by atoms with Crippen LogP contribution in [0.25, 0.3) is 5.57 Å². The smallest absolute Gasteiger partial charge is 0.338 e. The van der Waals surface area contributed by atoms with Crippen molar-refractivity contribution in [1.82, 2.24) is 4.57 Å². The Morgan fingerprint density at radius 1 is 0.953 bits per heavy atom. The second-order valence-electron chi connectivity index (χ2n) is 10.5. The second kappa shape index (κ2) is 12.9. The van der Waals surface area contributed by atoms with E-state index >= 15 is 0 Å². The average molecular weight is 602 g/mol. The molecule has 0 bridgehead atoms. The highest BCUT2D eigenvalue weighted by atomic mass is 32.1. The summed E-state index contributed by atoms with van der Waals surface area (Å²) in [6.07, 6.45) is 5.33. The SMILES string of the molecule is CCCCCCCN1C(=O)C(=c2sc3n(c2=O)C(c2ccc(C(=O)OC)cc2)C(C(=O)OCC)=C(C)N=3)c2ccccc21. The Bertz CT molecular complexity index is 1780. The number of fused-ring (bicyclic) bond motifs is 2. The molecule has 10 heteroatoms. The Balaban J connectivity index is 1.66. The molecule has 0 N–H and O–H groups in total. The molecule has 2 aliphatic rings. The number of para-hydroxylation sites is 1. The summed E-state index contributed by atoms with van der Waals surface area (Å²) < 4.78 is 11.9. The Morgan fingerprint density at radius 3 is 2.37 bits per heavy atom. The van der Waals surface area contributed by atoms with E-state index in [1.54, 1.807) is 43.0 Å². The molecule has 1 unspecified atom stereocenters. The monoisotopic (exact) mass is 601 g/mol. The highest BCUT2D eigenvalue weighted by Gasteiger charge is 2.37. The minimum Gasteiger partial charge on any atom is -0.465 e. The van der Waals surface area contributed by atoms with Crippen molar-refractivity contribution in [2.75, 3.05) is 25.2 Å². The number of esters is 2. The first-order valence-corrected chi connectivity index (χ1v) is 15.5. The summed E-state index contributed by atoms with van der Waals surface area (Å²) in [6.45, 7) is 6.31. The number of carbonyl (C=O) groups is 3. The molecule has 0 radical (unpaired) electrons. The first-order valence-electron chi connectivity index (χ1n) is 14.6. The molecule has 3 aromatic rings. The maximum Gasteiger partial charge on any atom is 0.338 e. The molecule has 2 aliphatic heterocycles. The number of hydrogen-bond donors (Lipinski definition) is 0. The molecule has 1 amide bonds. The molecular formula is C33H35N3O6S. The third-order valence-electron chi connectivity index (χ3n) is 7.78. The van der Waals surface area contributed by atoms with Gasteiger partial charge in [0.15, 0.2) is 4.80 Å². The Hall–Kier alpha value is -4.31. The summed E-state index contributed by atoms with van der Waals surface area (Å²) in [5, 5.41) is 0. The number of aromatic nitrogens is 1. The number of nitrogens with zero attached hydrogens (tertiary/aromatic N) is 3. The van der Waals surface area contributed by atoms with Crippen LogP contribution in [0.2, 0.25) is 0 Å². The Labute approximate surface area is 253 Å². The van der Waals surface area contributed by atoms with Crippen LogP contribution in [0, 0.1) is 0 Å². The van der Waals surface area contributed by atoms with Crippen LogP contribution in [0.1, 0.15) is 80.4 Å². The zero-order valence-electron chi connectivity index (χ0n) is 24.8. The van der Waals surface area contributed by atoms with Crippen molar-refractivity contribution in [3.63, 3.8) is 0 Å². The predicted octanol–water partition coefficient (Wildman–Crippen LogP) is 4.27. The number of allylic oxidation sites excluding steroid dienone is 1. The van der Waals surface area contributed by atoms with Gasteiger partial charge in [-0.2, -0.15) is 0 Å². The lowest BCUT2D eigenvalue weighted by atomic mass is 9.95. The molecule has 0 saturated carbocycles. The predicted molar refractivity (Wildman–Crippen MR) is 165 cm³/mol. The van der Waals surface area contributed by atoms with Crippen LogP contribution in [0.5, 0.6) is 0 Å². The maximum atomic E-state index is 14.3. The van der Waals surface area contributed by atoms with Crippen LogP contribution >= 0.6 is 11.3 Å². The van der Waals surface area contributed by atoms with E-state index < -0.39 is 23.5 Å². The van der Waals surface area contributed by atoms with Crippen LogP contribution in [0.4, 0.5) is 5.69 Å². The summed E-state index contributed by atoms with van der Waals surface area (Å²) in [5.41, 5.74) is 3.02. The summed E-state index contributed by atoms with van der Waals surface area (Å²) >= 11 is 1.14. The van der Waals surface area contributed by atoms with Crippen LogP contribution in [-0.2, 0) is 19.1 Å². The number of hydrogen-bond acceptors (Lipinski definition) is 8. The van der Waals surface area contributed by atoms with Crippen LogP contribution in [0.15, 0.2) is 69.6 Å². The topological polar surface area (TPSA) is 107 Å². The Kier molecular flexibility index (Phi) is 9.05. The molecule has 224 valence electrons. The number of rotatable bonds is 10. The largest absolute Gasteiger partial charge is 0.465 e. The van der Waals surface area contributed by atoms with Crippen molar-refractivity contribution in [2.24, 2.45) is 4.99 Å². The number of thiazole rings is 1. The first kappa shape index (κ1) is 30.2. The van der Waals surface area contributed by atoms with Crippen molar-refractivity contribution in [3.8, 4) is 0 Å². The Morgan fingerprint density at radius 2 is 1.67 bits per heavy atom. The normalized spacial score (nSPS) is 17.0. The highest BCUT2D eigenvalue weighted by Crippen LogP contribution is 2.36. The third kappa shape index (κ3) is 5.59. The zero-order chi connectivity index (χ0) is 30.7. The molecule has 5 rings (SSSR count). The van der Waals surface area contributed by atoms with Gasteiger partial charge in [0.05, 0.1) is 47.9 Å². The van der Waals surface area contributed by atoms with Gasteiger partial charge >= 0.3 is 11.9 Å². The van der Waals surface area contributed by atoms with E-state index in [9.17, 15) is 19.2 Å². The lowest BCUT2D eigenvalue weighted by molar-refractivity contribution is -0.139. The lowest BCUT2D eigenvalue weighted by Gasteiger charge is -2.24. The number of carbonyl (C=O) groups excluding carboxylic acids is 3. The fraction of sp³-hybridized carbons (Fsp3) is 0.364. The molecule has 0 aliphatic carbocycles. The second-order valence-corrected chi connectivity index (χ2v) is 11.5. The van der Waals surface area contributed by atoms with Crippen molar-refractivity contribution < 1.29 is 23.9 Å². The lowest BCUT2D eigenvalue weighted by Crippen LogP contribution is -2.41. The van der Waals surface area contributed by atoms with Crippen LogP contribution in [-0.4, -0.2) is 42.7 Å². The fourth-order valence-electron chi connectivity index (χ4n) is 5.67. The van der Waals surface area contributed by atoms with E-state index in [-0.39, 0.29) is 22.6 Å². The number of ether oxygens (including phenoxy) is 2. The van der Waals surface area contributed by atoms with E-state index in [1.807, 2.05) is 24.3 Å². The fourth-order valence-corrected chi connectivity index (χ4v) is 6.81. The maximum absolute atomic E-state index is 14.3. The third-order valence-corrected chi connectivity index (χ3v) is 8.83. The molecule has 43 heavy (non-hydrogen) atoms. The molecule has 2 aromatic carbocycles. The number of methoxy groups -OCH3 is 1. The van der Waals surface area contributed by atoms with E-state index in [0.717, 1.165) is 49.1 Å². The quantitative estimate of drug-likeness (QED) is 0.254. The minimum absolute atomic E-state index is 0.151. The van der Waals surface area contributed by atoms with Crippen LogP contribution < -0.4 is 19.8 Å². The van der Waals surface area contributed by atoms with Gasteiger partial charge in [0.2, 0.25) is 0 Å². The van der Waals surface area contributed by atoms with Gasteiger partial charge < -0.3 is 14.4 Å². The van der Waals surface area contributed by atoms with Crippen molar-refractivity contribution in [3.05, 3.63) is 96.2 Å². The van der Waals surface area contributed by atoms with Gasteiger partial charge in [-0.3, -0.25) is 14.2 Å². The van der Waals surface area contributed by atoms with E-state index in [0.29, 0.717) is 39.3 Å². The van der Waals surface area contributed by atoms with E-state index in [2.05, 4.69) is 11.9 Å². The molecule has 1 atom stereocenters. The van der Waals surface area contributed by atoms with Gasteiger partial charge in [0.25, 0.3) is 11.5 Å². The van der Waals surface area contributed by atoms with Gasteiger partial charge in [-0.15, -0.1) is 0 Å². The molecule has 1 aromatic heterocycles. The van der Waals surface area contributed by atoms with Crippen molar-refractivity contribution >= 4 is 40.4 Å². The summed E-state index contributed by atoms with van der Waals surface area (Å²) in [4.78, 5) is 60.3. The van der Waals surface area contributed by atoms with E-state index in [4.69, 9.17) is 9.47 Å². The van der Waals surface area contributed by atoms with Crippen molar-refractivity contribution in [2.45, 2.75) is 58.9 Å².